The molecule has 3 atom stereocenters. The Morgan fingerprint density at radius 3 is 2.89 bits per heavy atom. The Hall–Kier alpha value is -4.56. The lowest BCUT2D eigenvalue weighted by Gasteiger charge is -2.35. The average Bonchev–Trinajstić information content (AvgIpc) is 3.42. The molecule has 0 saturated carbocycles. The number of anilines is 1. The van der Waals surface area contributed by atoms with Crippen molar-refractivity contribution in [2.24, 2.45) is 0 Å². The van der Waals surface area contributed by atoms with Gasteiger partial charge in [0.05, 0.1) is 17.1 Å². The second-order valence-corrected chi connectivity index (χ2v) is 12.6. The van der Waals surface area contributed by atoms with Crippen molar-refractivity contribution in [3.63, 3.8) is 0 Å². The Morgan fingerprint density at radius 1 is 1.18 bits per heavy atom. The van der Waals surface area contributed by atoms with E-state index in [4.69, 9.17) is 20.9 Å². The average molecular weight is 614 g/mol. The summed E-state index contributed by atoms with van der Waals surface area (Å²) in [7, 11) is 0. The molecule has 4 aliphatic rings. The summed E-state index contributed by atoms with van der Waals surface area (Å²) in [5, 5.41) is 11.5. The van der Waals surface area contributed by atoms with Gasteiger partial charge in [0, 0.05) is 37.0 Å². The molecule has 2 aromatic carbocycles. The number of alkyl halides is 1. The molecule has 8 rings (SSSR count). The smallest absolute Gasteiger partial charge is 0.319 e. The first kappa shape index (κ1) is 28.0. The summed E-state index contributed by atoms with van der Waals surface area (Å²) in [6.45, 7) is 6.13. The largest absolute Gasteiger partial charge is 0.508 e. The number of aromatic nitrogens is 3. The highest BCUT2D eigenvalue weighted by molar-refractivity contribution is 6.04. The number of aromatic hydroxyl groups is 1. The van der Waals surface area contributed by atoms with Crippen molar-refractivity contribution in [1.82, 2.24) is 19.9 Å². The molecule has 11 heteroatoms. The molecule has 0 aliphatic carbocycles. The van der Waals surface area contributed by atoms with Gasteiger partial charge in [-0.25, -0.2) is 18.2 Å². The van der Waals surface area contributed by atoms with Crippen LogP contribution in [-0.2, 0) is 0 Å². The van der Waals surface area contributed by atoms with E-state index >= 15 is 4.39 Å². The lowest BCUT2D eigenvalue weighted by atomic mass is 9.93. The van der Waals surface area contributed by atoms with E-state index in [-0.39, 0.29) is 58.0 Å². The molecule has 0 bridgehead atoms. The number of phenolic OH excluding ortho intramolecular Hbond substituents is 1. The fourth-order valence-corrected chi connectivity index (χ4v) is 7.69. The van der Waals surface area contributed by atoms with Crippen LogP contribution in [0.4, 0.5) is 19.0 Å². The van der Waals surface area contributed by atoms with Crippen molar-refractivity contribution in [2.45, 2.75) is 49.9 Å². The lowest BCUT2D eigenvalue weighted by Crippen LogP contribution is -2.44. The summed E-state index contributed by atoms with van der Waals surface area (Å²) >= 11 is 0. The molecule has 0 radical (unpaired) electrons. The third-order valence-corrected chi connectivity index (χ3v) is 9.63. The zero-order valence-electron chi connectivity index (χ0n) is 24.5. The first-order chi connectivity index (χ1) is 21.7. The second kappa shape index (κ2) is 10.2. The van der Waals surface area contributed by atoms with Gasteiger partial charge in [0.15, 0.2) is 5.82 Å². The molecule has 45 heavy (non-hydrogen) atoms. The first-order valence-electron chi connectivity index (χ1n) is 15.2. The van der Waals surface area contributed by atoms with Crippen LogP contribution in [0.25, 0.3) is 32.9 Å². The van der Waals surface area contributed by atoms with Gasteiger partial charge in [0.25, 0.3) is 0 Å². The summed E-state index contributed by atoms with van der Waals surface area (Å²) in [4.78, 5) is 18.1. The van der Waals surface area contributed by atoms with E-state index in [9.17, 15) is 13.9 Å². The minimum atomic E-state index is -0.973. The third-order valence-electron chi connectivity index (χ3n) is 9.63. The maximum absolute atomic E-state index is 16.9. The van der Waals surface area contributed by atoms with Crippen LogP contribution in [0.1, 0.15) is 37.7 Å². The van der Waals surface area contributed by atoms with Crippen LogP contribution in [0.3, 0.4) is 0 Å². The van der Waals surface area contributed by atoms with E-state index < -0.39 is 23.3 Å². The molecule has 6 heterocycles. The standard InChI is InChI=1S/C34H30F3N5O3/c1-3-23-25(36)8-7-19-10-22(43)11-24(26(19)23)29-28(37)30-27-31(42-9-5-4-6-21(42)16-44-32(27)38-29)40-33(39-30)45-17-34-12-18(2)14-41(34)15-20(35)13-34/h1,7-8,10-11,20-21,43H,2,4-6,9,12-17H2/t20-,21+,34-/m1/s1. The zero-order chi connectivity index (χ0) is 31.0. The van der Waals surface area contributed by atoms with E-state index in [1.54, 1.807) is 0 Å². The summed E-state index contributed by atoms with van der Waals surface area (Å²) in [5.41, 5.74) is 0.172. The van der Waals surface area contributed by atoms with E-state index in [1.165, 1.54) is 24.3 Å². The van der Waals surface area contributed by atoms with Crippen molar-refractivity contribution in [1.29, 1.82) is 0 Å². The molecular weight excluding hydrogens is 583 g/mol. The third kappa shape index (κ3) is 4.37. The number of rotatable bonds is 4. The Labute approximate surface area is 257 Å². The predicted octanol–water partition coefficient (Wildman–Crippen LogP) is 5.68. The van der Waals surface area contributed by atoms with Gasteiger partial charge in [-0.3, -0.25) is 4.90 Å². The summed E-state index contributed by atoms with van der Waals surface area (Å²) < 4.78 is 58.8. The quantitative estimate of drug-likeness (QED) is 0.233. The fraction of sp³-hybridized carbons (Fsp3) is 0.382. The Bertz CT molecular complexity index is 1960. The van der Waals surface area contributed by atoms with Gasteiger partial charge in [-0.1, -0.05) is 24.1 Å². The maximum atomic E-state index is 16.9. The number of nitrogens with zero attached hydrogens (tertiary/aromatic N) is 5. The molecule has 1 N–H and O–H groups in total. The number of fused-ring (bicyclic) bond motifs is 4. The van der Waals surface area contributed by atoms with E-state index in [1.807, 2.05) is 0 Å². The molecule has 0 unspecified atom stereocenters. The molecule has 3 saturated heterocycles. The van der Waals surface area contributed by atoms with Gasteiger partial charge < -0.3 is 19.5 Å². The number of benzene rings is 2. The Morgan fingerprint density at radius 2 is 2.04 bits per heavy atom. The molecule has 0 amide bonds. The van der Waals surface area contributed by atoms with Crippen molar-refractivity contribution in [3.05, 3.63) is 53.6 Å². The minimum absolute atomic E-state index is 0.0245. The van der Waals surface area contributed by atoms with Gasteiger partial charge in [-0.05, 0) is 49.3 Å². The number of pyridine rings is 1. The molecule has 4 aliphatic heterocycles. The van der Waals surface area contributed by atoms with Crippen molar-refractivity contribution in [3.8, 4) is 41.2 Å². The van der Waals surface area contributed by atoms with Crippen LogP contribution in [0.15, 0.2) is 36.4 Å². The van der Waals surface area contributed by atoms with E-state index in [0.29, 0.717) is 55.7 Å². The van der Waals surface area contributed by atoms with Crippen molar-refractivity contribution >= 4 is 27.5 Å². The molecule has 230 valence electrons. The topological polar surface area (TPSA) is 83.8 Å². The molecular formula is C34H30F3N5O3. The first-order valence-corrected chi connectivity index (χ1v) is 15.2. The van der Waals surface area contributed by atoms with Crippen LogP contribution < -0.4 is 14.4 Å². The van der Waals surface area contributed by atoms with Crippen LogP contribution in [0.2, 0.25) is 0 Å². The van der Waals surface area contributed by atoms with Gasteiger partial charge in [-0.2, -0.15) is 9.97 Å². The minimum Gasteiger partial charge on any atom is -0.508 e. The summed E-state index contributed by atoms with van der Waals surface area (Å²) in [5.74, 6) is 1.30. The SMILES string of the molecule is C#Cc1c(F)ccc2cc(O)cc(-c3nc4c5c(nc(OC[C@]67CC(=C)CN6C[C@H](F)C7)nc5c3F)N3CCCC[C@H]3CO4)c12. The Kier molecular flexibility index (Phi) is 6.36. The van der Waals surface area contributed by atoms with Crippen LogP contribution in [0, 0.1) is 24.0 Å². The zero-order valence-corrected chi connectivity index (χ0v) is 24.5. The number of piperidine rings is 1. The normalized spacial score (nSPS) is 24.3. The number of ether oxygens (including phenoxy) is 2. The number of phenols is 1. The summed E-state index contributed by atoms with van der Waals surface area (Å²) in [6.07, 6.45) is 8.41. The summed E-state index contributed by atoms with van der Waals surface area (Å²) in [6, 6.07) is 5.34. The lowest BCUT2D eigenvalue weighted by molar-refractivity contribution is 0.107. The molecule has 4 aromatic rings. The van der Waals surface area contributed by atoms with Crippen LogP contribution >= 0.6 is 0 Å². The van der Waals surface area contributed by atoms with E-state index in [0.717, 1.165) is 24.8 Å². The van der Waals surface area contributed by atoms with E-state index in [2.05, 4.69) is 32.3 Å². The highest BCUT2D eigenvalue weighted by Crippen LogP contribution is 2.45. The van der Waals surface area contributed by atoms with Gasteiger partial charge in [0.2, 0.25) is 5.88 Å². The van der Waals surface area contributed by atoms with Gasteiger partial charge in [0.1, 0.15) is 53.4 Å². The number of halogens is 3. The molecule has 2 aromatic heterocycles. The highest BCUT2D eigenvalue weighted by Gasteiger charge is 2.51. The van der Waals surface area contributed by atoms with Crippen LogP contribution in [0.5, 0.6) is 17.6 Å². The monoisotopic (exact) mass is 613 g/mol. The van der Waals surface area contributed by atoms with Crippen molar-refractivity contribution in [2.75, 3.05) is 37.7 Å². The van der Waals surface area contributed by atoms with Crippen molar-refractivity contribution < 1.29 is 27.8 Å². The number of hydrogen-bond acceptors (Lipinski definition) is 8. The molecule has 0 spiro atoms. The number of hydrogen-bond donors (Lipinski definition) is 1. The number of terminal acetylenes is 1. The maximum Gasteiger partial charge on any atom is 0.319 e. The predicted molar refractivity (Wildman–Crippen MR) is 163 cm³/mol. The van der Waals surface area contributed by atoms with Gasteiger partial charge in [-0.15, -0.1) is 6.42 Å². The molecule has 8 nitrogen and oxygen atoms in total. The van der Waals surface area contributed by atoms with Crippen LogP contribution in [-0.4, -0.2) is 75.6 Å². The molecule has 3 fully saturated rings. The highest BCUT2D eigenvalue weighted by atomic mass is 19.1. The van der Waals surface area contributed by atoms with Gasteiger partial charge >= 0.3 is 6.01 Å². The second-order valence-electron chi connectivity index (χ2n) is 12.6. The Balaban J connectivity index is 1.33. The fourth-order valence-electron chi connectivity index (χ4n) is 7.69.